The molecule has 1 aromatic rings. The first-order chi connectivity index (χ1) is 8.56. The molecule has 2 rings (SSSR count). The summed E-state index contributed by atoms with van der Waals surface area (Å²) in [6.45, 7) is 6.73. The molecule has 1 N–H and O–H groups in total. The molecule has 1 aliphatic rings. The van der Waals surface area contributed by atoms with Crippen molar-refractivity contribution in [2.24, 2.45) is 0 Å². The van der Waals surface area contributed by atoms with Gasteiger partial charge in [-0.3, -0.25) is 4.90 Å². The van der Waals surface area contributed by atoms with Gasteiger partial charge < -0.3 is 5.32 Å². The van der Waals surface area contributed by atoms with Gasteiger partial charge in [0.05, 0.1) is 0 Å². The van der Waals surface area contributed by atoms with Crippen LogP contribution < -0.4 is 5.32 Å². The van der Waals surface area contributed by atoms with Gasteiger partial charge >= 0.3 is 0 Å². The highest BCUT2D eigenvalue weighted by Crippen LogP contribution is 2.35. The fraction of sp³-hybridized carbons (Fsp3) is 0.625. The first-order valence-electron chi connectivity index (χ1n) is 7.05. The Labute approximate surface area is 111 Å². The molecule has 0 bridgehead atoms. The van der Waals surface area contributed by atoms with Crippen molar-refractivity contribution in [2.45, 2.75) is 38.1 Å². The van der Waals surface area contributed by atoms with E-state index in [-0.39, 0.29) is 5.54 Å². The van der Waals surface area contributed by atoms with E-state index in [2.05, 4.69) is 62.4 Å². The number of nitrogens with one attached hydrogen (secondary N) is 1. The van der Waals surface area contributed by atoms with Gasteiger partial charge in [0.25, 0.3) is 0 Å². The fourth-order valence-electron chi connectivity index (χ4n) is 3.01. The van der Waals surface area contributed by atoms with Crippen LogP contribution in [-0.4, -0.2) is 32.1 Å². The fourth-order valence-corrected chi connectivity index (χ4v) is 3.01. The second-order valence-electron chi connectivity index (χ2n) is 5.95. The molecule has 0 saturated carbocycles. The van der Waals surface area contributed by atoms with Gasteiger partial charge in [0.15, 0.2) is 0 Å². The van der Waals surface area contributed by atoms with Crippen molar-refractivity contribution in [2.75, 3.05) is 27.2 Å². The SMILES string of the molecule is CC(C)c1ccc(C2(N(C)C)CCNCC2)cc1. The molecule has 18 heavy (non-hydrogen) atoms. The zero-order chi connectivity index (χ0) is 13.2. The van der Waals surface area contributed by atoms with Gasteiger partial charge in [0, 0.05) is 5.54 Å². The number of benzene rings is 1. The Morgan fingerprint density at radius 3 is 2.06 bits per heavy atom. The van der Waals surface area contributed by atoms with Crippen LogP contribution in [-0.2, 0) is 5.54 Å². The lowest BCUT2D eigenvalue weighted by Crippen LogP contribution is -2.49. The van der Waals surface area contributed by atoms with Crippen molar-refractivity contribution in [3.8, 4) is 0 Å². The maximum atomic E-state index is 3.47. The van der Waals surface area contributed by atoms with Gasteiger partial charge in [-0.15, -0.1) is 0 Å². The van der Waals surface area contributed by atoms with Crippen molar-refractivity contribution in [1.29, 1.82) is 0 Å². The highest BCUT2D eigenvalue weighted by Gasteiger charge is 2.35. The highest BCUT2D eigenvalue weighted by molar-refractivity contribution is 5.30. The third kappa shape index (κ3) is 2.45. The number of hydrogen-bond donors (Lipinski definition) is 1. The third-order valence-corrected chi connectivity index (χ3v) is 4.40. The molecule has 0 amide bonds. The predicted molar refractivity (Wildman–Crippen MR) is 78.0 cm³/mol. The molecule has 100 valence electrons. The maximum absolute atomic E-state index is 3.47. The molecule has 1 aromatic carbocycles. The van der Waals surface area contributed by atoms with Crippen molar-refractivity contribution >= 4 is 0 Å². The van der Waals surface area contributed by atoms with Crippen LogP contribution in [0.5, 0.6) is 0 Å². The van der Waals surface area contributed by atoms with E-state index in [0.717, 1.165) is 13.1 Å². The minimum absolute atomic E-state index is 0.223. The molecule has 0 atom stereocenters. The van der Waals surface area contributed by atoms with Gasteiger partial charge in [-0.1, -0.05) is 38.1 Å². The molecule has 1 heterocycles. The first kappa shape index (κ1) is 13.6. The van der Waals surface area contributed by atoms with Crippen molar-refractivity contribution < 1.29 is 0 Å². The summed E-state index contributed by atoms with van der Waals surface area (Å²) in [5.74, 6) is 0.613. The molecule has 0 unspecified atom stereocenters. The van der Waals surface area contributed by atoms with Crippen molar-refractivity contribution in [3.05, 3.63) is 35.4 Å². The second-order valence-corrected chi connectivity index (χ2v) is 5.95. The van der Waals surface area contributed by atoms with Crippen LogP contribution in [0.1, 0.15) is 43.7 Å². The van der Waals surface area contributed by atoms with Gasteiger partial charge in [-0.25, -0.2) is 0 Å². The van der Waals surface area contributed by atoms with Crippen LogP contribution in [0.3, 0.4) is 0 Å². The molecule has 0 aliphatic carbocycles. The summed E-state index contributed by atoms with van der Waals surface area (Å²) < 4.78 is 0. The summed E-state index contributed by atoms with van der Waals surface area (Å²) in [5, 5.41) is 3.47. The monoisotopic (exact) mass is 246 g/mol. The van der Waals surface area contributed by atoms with Gasteiger partial charge in [0.1, 0.15) is 0 Å². The van der Waals surface area contributed by atoms with E-state index in [9.17, 15) is 0 Å². The van der Waals surface area contributed by atoms with Gasteiger partial charge in [0.2, 0.25) is 0 Å². The van der Waals surface area contributed by atoms with Gasteiger partial charge in [-0.2, -0.15) is 0 Å². The Morgan fingerprint density at radius 2 is 1.61 bits per heavy atom. The quantitative estimate of drug-likeness (QED) is 0.882. The Balaban J connectivity index is 2.31. The molecule has 2 nitrogen and oxygen atoms in total. The van der Waals surface area contributed by atoms with Crippen LogP contribution >= 0.6 is 0 Å². The smallest absolute Gasteiger partial charge is 0.0478 e. The molecular weight excluding hydrogens is 220 g/mol. The average Bonchev–Trinajstić information content (AvgIpc) is 2.39. The Morgan fingerprint density at radius 1 is 1.06 bits per heavy atom. The summed E-state index contributed by atoms with van der Waals surface area (Å²) >= 11 is 0. The standard InChI is InChI=1S/C16H26N2/c1-13(2)14-5-7-15(8-6-14)16(18(3)4)9-11-17-12-10-16/h5-8,13,17H,9-12H2,1-4H3. The number of nitrogens with zero attached hydrogens (tertiary/aromatic N) is 1. The highest BCUT2D eigenvalue weighted by atomic mass is 15.2. The van der Waals surface area contributed by atoms with Crippen LogP contribution in [0.2, 0.25) is 0 Å². The topological polar surface area (TPSA) is 15.3 Å². The molecule has 1 fully saturated rings. The lowest BCUT2D eigenvalue weighted by Gasteiger charge is -2.44. The maximum Gasteiger partial charge on any atom is 0.0478 e. The van der Waals surface area contributed by atoms with Crippen molar-refractivity contribution in [3.63, 3.8) is 0 Å². The minimum atomic E-state index is 0.223. The summed E-state index contributed by atoms with van der Waals surface area (Å²) in [6.07, 6.45) is 2.39. The second kappa shape index (κ2) is 5.41. The minimum Gasteiger partial charge on any atom is -0.317 e. The Bertz CT molecular complexity index is 373. The van der Waals surface area contributed by atoms with Crippen molar-refractivity contribution in [1.82, 2.24) is 10.2 Å². The van der Waals surface area contributed by atoms with E-state index in [4.69, 9.17) is 0 Å². The molecular formula is C16H26N2. The van der Waals surface area contributed by atoms with E-state index in [0.29, 0.717) is 5.92 Å². The average molecular weight is 246 g/mol. The third-order valence-electron chi connectivity index (χ3n) is 4.40. The zero-order valence-corrected chi connectivity index (χ0v) is 12.2. The molecule has 1 saturated heterocycles. The lowest BCUT2D eigenvalue weighted by atomic mass is 9.80. The summed E-state index contributed by atoms with van der Waals surface area (Å²) in [7, 11) is 4.42. The Kier molecular flexibility index (Phi) is 4.08. The summed E-state index contributed by atoms with van der Waals surface area (Å²) in [5.41, 5.74) is 3.13. The summed E-state index contributed by atoms with van der Waals surface area (Å²) in [6, 6.07) is 9.27. The first-order valence-corrected chi connectivity index (χ1v) is 7.05. The molecule has 2 heteroatoms. The summed E-state index contributed by atoms with van der Waals surface area (Å²) in [4.78, 5) is 2.40. The largest absolute Gasteiger partial charge is 0.317 e. The predicted octanol–water partition coefficient (Wildman–Crippen LogP) is 2.95. The molecule has 0 spiro atoms. The van der Waals surface area contributed by atoms with E-state index >= 15 is 0 Å². The molecule has 1 aliphatic heterocycles. The van der Waals surface area contributed by atoms with E-state index < -0.39 is 0 Å². The Hall–Kier alpha value is -0.860. The number of piperidine rings is 1. The molecule has 0 radical (unpaired) electrons. The van der Waals surface area contributed by atoms with E-state index in [1.165, 1.54) is 24.0 Å². The van der Waals surface area contributed by atoms with E-state index in [1.54, 1.807) is 0 Å². The van der Waals surface area contributed by atoms with Crippen LogP contribution in [0.15, 0.2) is 24.3 Å². The molecule has 0 aromatic heterocycles. The normalized spacial score (nSPS) is 19.4. The lowest BCUT2D eigenvalue weighted by molar-refractivity contribution is 0.107. The number of hydrogen-bond acceptors (Lipinski definition) is 2. The number of rotatable bonds is 3. The van der Waals surface area contributed by atoms with E-state index in [1.807, 2.05) is 0 Å². The van der Waals surface area contributed by atoms with Gasteiger partial charge in [-0.05, 0) is 57.1 Å². The van der Waals surface area contributed by atoms with Crippen LogP contribution in [0.25, 0.3) is 0 Å². The van der Waals surface area contributed by atoms with Crippen LogP contribution in [0.4, 0.5) is 0 Å². The zero-order valence-electron chi connectivity index (χ0n) is 12.2. The van der Waals surface area contributed by atoms with Crippen LogP contribution in [0, 0.1) is 0 Å².